The van der Waals surface area contributed by atoms with E-state index in [0.29, 0.717) is 11.4 Å². The molecule has 0 saturated carbocycles. The molecule has 0 fully saturated rings. The summed E-state index contributed by atoms with van der Waals surface area (Å²) in [5.41, 5.74) is 7.05. The topological polar surface area (TPSA) is 62.6 Å². The molecular formula is C29H25N3O2S. The van der Waals surface area contributed by atoms with Gasteiger partial charge in [0.15, 0.2) is 5.78 Å². The molecule has 6 heteroatoms. The molecule has 5 rings (SSSR count). The van der Waals surface area contributed by atoms with Crippen LogP contribution in [0.4, 0.5) is 5.69 Å². The van der Waals surface area contributed by atoms with Crippen molar-refractivity contribution in [3.63, 3.8) is 0 Å². The third kappa shape index (κ3) is 4.45. The number of hydrogen-bond acceptors (Lipinski definition) is 5. The Hall–Kier alpha value is -3.90. The summed E-state index contributed by atoms with van der Waals surface area (Å²) in [6, 6.07) is 21.7. The maximum Gasteiger partial charge on any atom is 0.263 e. The lowest BCUT2D eigenvalue weighted by molar-refractivity contribution is -0.128. The summed E-state index contributed by atoms with van der Waals surface area (Å²) in [6.45, 7) is 5.78. The van der Waals surface area contributed by atoms with E-state index < -0.39 is 5.92 Å². The number of hydrogen-bond donors (Lipinski definition) is 0. The van der Waals surface area contributed by atoms with Crippen molar-refractivity contribution in [1.29, 1.82) is 0 Å². The monoisotopic (exact) mass is 479 g/mol. The van der Waals surface area contributed by atoms with Crippen LogP contribution < -0.4 is 5.01 Å². The normalized spacial score (nSPS) is 15.4. The van der Waals surface area contributed by atoms with Gasteiger partial charge in [0.05, 0.1) is 17.1 Å². The Balaban J connectivity index is 1.39. The first-order valence-corrected chi connectivity index (χ1v) is 12.4. The Morgan fingerprint density at radius 1 is 0.971 bits per heavy atom. The fourth-order valence-corrected chi connectivity index (χ4v) is 5.19. The van der Waals surface area contributed by atoms with Crippen molar-refractivity contribution in [3.8, 4) is 21.7 Å². The van der Waals surface area contributed by atoms with Gasteiger partial charge in [0, 0.05) is 23.1 Å². The van der Waals surface area contributed by atoms with Gasteiger partial charge in [-0.25, -0.2) is 0 Å². The van der Waals surface area contributed by atoms with E-state index in [2.05, 4.69) is 16.2 Å². The van der Waals surface area contributed by atoms with E-state index in [0.717, 1.165) is 38.4 Å². The summed E-state index contributed by atoms with van der Waals surface area (Å²) in [4.78, 5) is 32.3. The number of carbonyl (C=O) groups excluding carboxylic acids is 2. The first-order valence-electron chi connectivity index (χ1n) is 11.5. The molecule has 3 heterocycles. The first kappa shape index (κ1) is 22.9. The molecule has 1 aliphatic rings. The number of Topliss-reactive ketones (excluding diaryl/α,β-unsaturated/α-hetero) is 1. The summed E-state index contributed by atoms with van der Waals surface area (Å²) in [5, 5.41) is 7.88. The number of amides is 1. The molecule has 0 spiro atoms. The number of thiophene rings is 1. The van der Waals surface area contributed by atoms with Gasteiger partial charge in [-0.1, -0.05) is 36.4 Å². The molecule has 1 atom stereocenters. The van der Waals surface area contributed by atoms with E-state index in [1.807, 2.05) is 79.9 Å². The van der Waals surface area contributed by atoms with E-state index in [4.69, 9.17) is 0 Å². The standard InChI is InChI=1S/C29H25N3O2S/c1-18-11-12-23(17-24(18)28-19(2)7-5-13-30-28)32-29(34)27(20(3)31-32)25(33)16-21-8-4-9-22(15-21)26-10-6-14-35-26/h4-15,17,27H,16H2,1-3H3. The molecule has 1 amide bonds. The average molecular weight is 480 g/mol. The number of nitrogens with zero attached hydrogens (tertiary/aromatic N) is 3. The zero-order chi connectivity index (χ0) is 24.5. The Bertz CT molecular complexity index is 1460. The predicted octanol–water partition coefficient (Wildman–Crippen LogP) is 6.24. The summed E-state index contributed by atoms with van der Waals surface area (Å²) >= 11 is 1.66. The van der Waals surface area contributed by atoms with Gasteiger partial charge < -0.3 is 0 Å². The zero-order valence-corrected chi connectivity index (χ0v) is 20.7. The van der Waals surface area contributed by atoms with Gasteiger partial charge in [-0.05, 0) is 78.7 Å². The molecule has 2 aromatic heterocycles. The fourth-order valence-electron chi connectivity index (χ4n) is 4.47. The molecule has 0 bridgehead atoms. The highest BCUT2D eigenvalue weighted by molar-refractivity contribution is 7.13. The molecule has 1 unspecified atom stereocenters. The molecule has 0 aliphatic carbocycles. The summed E-state index contributed by atoms with van der Waals surface area (Å²) in [7, 11) is 0. The first-order chi connectivity index (χ1) is 16.9. The molecule has 4 aromatic rings. The largest absolute Gasteiger partial charge is 0.298 e. The zero-order valence-electron chi connectivity index (χ0n) is 19.9. The van der Waals surface area contributed by atoms with Crippen LogP contribution in [0, 0.1) is 19.8 Å². The second-order valence-corrected chi connectivity index (χ2v) is 9.76. The highest BCUT2D eigenvalue weighted by atomic mass is 32.1. The van der Waals surface area contributed by atoms with Crippen LogP contribution in [0.3, 0.4) is 0 Å². The predicted molar refractivity (Wildman–Crippen MR) is 142 cm³/mol. The van der Waals surface area contributed by atoms with Crippen LogP contribution in [0.15, 0.2) is 83.4 Å². The summed E-state index contributed by atoms with van der Waals surface area (Å²) < 4.78 is 0. The second kappa shape index (κ2) is 9.39. The Kier molecular flexibility index (Phi) is 6.14. The van der Waals surface area contributed by atoms with E-state index in [-0.39, 0.29) is 18.1 Å². The maximum atomic E-state index is 13.4. The number of aryl methyl sites for hydroxylation is 2. The summed E-state index contributed by atoms with van der Waals surface area (Å²) in [5.74, 6) is -1.33. The van der Waals surface area contributed by atoms with Crippen LogP contribution in [-0.4, -0.2) is 22.4 Å². The van der Waals surface area contributed by atoms with Crippen LogP contribution in [0.1, 0.15) is 23.6 Å². The number of anilines is 1. The van der Waals surface area contributed by atoms with Gasteiger partial charge in [0.2, 0.25) is 0 Å². The molecule has 1 aliphatic heterocycles. The molecule has 0 saturated heterocycles. The van der Waals surface area contributed by atoms with Crippen LogP contribution in [-0.2, 0) is 16.0 Å². The van der Waals surface area contributed by atoms with Gasteiger partial charge in [0.1, 0.15) is 5.92 Å². The maximum absolute atomic E-state index is 13.4. The smallest absolute Gasteiger partial charge is 0.263 e. The van der Waals surface area contributed by atoms with Crippen molar-refractivity contribution in [1.82, 2.24) is 4.98 Å². The van der Waals surface area contributed by atoms with E-state index in [1.165, 1.54) is 5.01 Å². The van der Waals surface area contributed by atoms with Crippen molar-refractivity contribution in [3.05, 3.63) is 95.0 Å². The third-order valence-electron chi connectivity index (χ3n) is 6.29. The van der Waals surface area contributed by atoms with Gasteiger partial charge >= 0.3 is 0 Å². The SMILES string of the molecule is CC1=NN(c2ccc(C)c(-c3ncccc3C)c2)C(=O)C1C(=O)Cc1cccc(-c2cccs2)c1. The average Bonchev–Trinajstić information content (AvgIpc) is 3.48. The molecule has 0 radical (unpaired) electrons. The Labute approximate surface area is 208 Å². The lowest BCUT2D eigenvalue weighted by Crippen LogP contribution is -2.33. The lowest BCUT2D eigenvalue weighted by atomic mass is 9.93. The van der Waals surface area contributed by atoms with Crippen molar-refractivity contribution < 1.29 is 9.59 Å². The fraction of sp³-hybridized carbons (Fsp3) is 0.172. The van der Waals surface area contributed by atoms with Gasteiger partial charge in [-0.2, -0.15) is 10.1 Å². The van der Waals surface area contributed by atoms with E-state index >= 15 is 0 Å². The highest BCUT2D eigenvalue weighted by Crippen LogP contribution is 2.32. The Morgan fingerprint density at radius 3 is 2.60 bits per heavy atom. The minimum atomic E-state index is -0.873. The lowest BCUT2D eigenvalue weighted by Gasteiger charge is -2.17. The number of carbonyl (C=O) groups is 2. The minimum absolute atomic E-state index is 0.144. The minimum Gasteiger partial charge on any atom is -0.298 e. The number of ketones is 1. The summed E-state index contributed by atoms with van der Waals surface area (Å²) in [6.07, 6.45) is 1.95. The van der Waals surface area contributed by atoms with Crippen LogP contribution in [0.25, 0.3) is 21.7 Å². The van der Waals surface area contributed by atoms with Crippen molar-refractivity contribution in [2.45, 2.75) is 27.2 Å². The second-order valence-electron chi connectivity index (χ2n) is 8.81. The van der Waals surface area contributed by atoms with Crippen molar-refractivity contribution in [2.24, 2.45) is 11.0 Å². The van der Waals surface area contributed by atoms with E-state index in [1.54, 1.807) is 24.5 Å². The molecular weight excluding hydrogens is 454 g/mol. The molecule has 174 valence electrons. The van der Waals surface area contributed by atoms with Crippen LogP contribution >= 0.6 is 11.3 Å². The van der Waals surface area contributed by atoms with Crippen molar-refractivity contribution >= 4 is 34.4 Å². The number of pyridine rings is 1. The molecule has 35 heavy (non-hydrogen) atoms. The van der Waals surface area contributed by atoms with Gasteiger partial charge in [-0.3, -0.25) is 14.6 Å². The van der Waals surface area contributed by atoms with Crippen LogP contribution in [0.5, 0.6) is 0 Å². The van der Waals surface area contributed by atoms with Crippen molar-refractivity contribution in [2.75, 3.05) is 5.01 Å². The van der Waals surface area contributed by atoms with E-state index in [9.17, 15) is 9.59 Å². The molecule has 2 aromatic carbocycles. The quantitative estimate of drug-likeness (QED) is 0.307. The molecule has 5 nitrogen and oxygen atoms in total. The van der Waals surface area contributed by atoms with Crippen LogP contribution in [0.2, 0.25) is 0 Å². The third-order valence-corrected chi connectivity index (χ3v) is 7.21. The number of benzene rings is 2. The van der Waals surface area contributed by atoms with Gasteiger partial charge in [0.25, 0.3) is 5.91 Å². The molecule has 0 N–H and O–H groups in total. The van der Waals surface area contributed by atoms with Gasteiger partial charge in [-0.15, -0.1) is 11.3 Å². The number of rotatable bonds is 6. The highest BCUT2D eigenvalue weighted by Gasteiger charge is 2.39. The number of hydrazone groups is 1. The Morgan fingerprint density at radius 2 is 1.83 bits per heavy atom. The number of aromatic nitrogens is 1.